The van der Waals surface area contributed by atoms with Crippen LogP contribution in [0, 0.1) is 11.8 Å². The van der Waals surface area contributed by atoms with Crippen molar-refractivity contribution in [2.75, 3.05) is 5.75 Å². The zero-order chi connectivity index (χ0) is 15.9. The molecule has 0 aliphatic carbocycles. The van der Waals surface area contributed by atoms with Crippen LogP contribution in [0.1, 0.15) is 12.5 Å². The molecule has 2 aromatic heterocycles. The highest BCUT2D eigenvalue weighted by Gasteiger charge is 2.12. The number of pyridine rings is 1. The van der Waals surface area contributed by atoms with Gasteiger partial charge in [0.2, 0.25) is 0 Å². The molecular formula is C18H16N4S. The Bertz CT molecular complexity index is 816. The first-order valence-corrected chi connectivity index (χ1v) is 8.37. The summed E-state index contributed by atoms with van der Waals surface area (Å²) in [6.45, 7) is 2.90. The van der Waals surface area contributed by atoms with Crippen molar-refractivity contribution in [3.63, 3.8) is 0 Å². The van der Waals surface area contributed by atoms with Gasteiger partial charge in [0.1, 0.15) is 0 Å². The van der Waals surface area contributed by atoms with Gasteiger partial charge < -0.3 is 4.57 Å². The van der Waals surface area contributed by atoms with Crippen molar-refractivity contribution in [3.05, 3.63) is 60.4 Å². The van der Waals surface area contributed by atoms with Crippen LogP contribution in [-0.2, 0) is 6.54 Å². The van der Waals surface area contributed by atoms with E-state index in [0.29, 0.717) is 5.75 Å². The SMILES string of the molecule is CCn1c(SCC#Cc2ccccc2)nnc1-c1cccnc1. The van der Waals surface area contributed by atoms with Gasteiger partial charge in [-0.05, 0) is 31.2 Å². The Morgan fingerprint density at radius 1 is 1.09 bits per heavy atom. The van der Waals surface area contributed by atoms with Gasteiger partial charge in [-0.1, -0.05) is 41.8 Å². The van der Waals surface area contributed by atoms with Gasteiger partial charge in [0, 0.05) is 30.1 Å². The average molecular weight is 320 g/mol. The van der Waals surface area contributed by atoms with Crippen LogP contribution < -0.4 is 0 Å². The van der Waals surface area contributed by atoms with Gasteiger partial charge in [0.25, 0.3) is 0 Å². The van der Waals surface area contributed by atoms with Crippen molar-refractivity contribution < 1.29 is 0 Å². The molecule has 0 fully saturated rings. The summed E-state index contributed by atoms with van der Waals surface area (Å²) in [5.41, 5.74) is 2.00. The van der Waals surface area contributed by atoms with Crippen LogP contribution in [0.5, 0.6) is 0 Å². The van der Waals surface area contributed by atoms with Crippen LogP contribution in [0.3, 0.4) is 0 Å². The van der Waals surface area contributed by atoms with E-state index in [4.69, 9.17) is 0 Å². The molecule has 5 heteroatoms. The highest BCUT2D eigenvalue weighted by atomic mass is 32.2. The van der Waals surface area contributed by atoms with Crippen molar-refractivity contribution in [1.29, 1.82) is 0 Å². The molecule has 0 spiro atoms. The molecule has 4 nitrogen and oxygen atoms in total. The van der Waals surface area contributed by atoms with E-state index < -0.39 is 0 Å². The molecule has 0 radical (unpaired) electrons. The number of nitrogens with zero attached hydrogens (tertiary/aromatic N) is 4. The Morgan fingerprint density at radius 2 is 1.96 bits per heavy atom. The summed E-state index contributed by atoms with van der Waals surface area (Å²) < 4.78 is 2.09. The highest BCUT2D eigenvalue weighted by Crippen LogP contribution is 2.22. The summed E-state index contributed by atoms with van der Waals surface area (Å²) in [5.74, 6) is 7.85. The van der Waals surface area contributed by atoms with Crippen LogP contribution in [0.25, 0.3) is 11.4 Å². The standard InChI is InChI=1S/C18H16N4S/c1-2-22-17(16-11-6-12-19-14-16)20-21-18(22)23-13-7-10-15-8-4-3-5-9-15/h3-6,8-9,11-12,14H,2,13H2,1H3. The molecule has 0 bridgehead atoms. The Labute approximate surface area is 140 Å². The van der Waals surface area contributed by atoms with E-state index in [0.717, 1.165) is 28.7 Å². The van der Waals surface area contributed by atoms with E-state index in [1.54, 1.807) is 24.2 Å². The predicted molar refractivity (Wildman–Crippen MR) is 93.0 cm³/mol. The summed E-state index contributed by atoms with van der Waals surface area (Å²) in [5, 5.41) is 9.47. The van der Waals surface area contributed by atoms with Crippen LogP contribution in [-0.4, -0.2) is 25.5 Å². The summed E-state index contributed by atoms with van der Waals surface area (Å²) in [6, 6.07) is 13.9. The van der Waals surface area contributed by atoms with E-state index in [1.807, 2.05) is 42.5 Å². The third-order valence-electron chi connectivity index (χ3n) is 3.23. The quantitative estimate of drug-likeness (QED) is 0.545. The normalized spacial score (nSPS) is 10.1. The Hall–Kier alpha value is -2.58. The molecule has 0 N–H and O–H groups in total. The third-order valence-corrected chi connectivity index (χ3v) is 4.08. The zero-order valence-electron chi connectivity index (χ0n) is 12.8. The van der Waals surface area contributed by atoms with Crippen molar-refractivity contribution in [3.8, 4) is 23.2 Å². The van der Waals surface area contributed by atoms with E-state index in [2.05, 4.69) is 38.5 Å². The molecule has 3 rings (SSSR count). The second-order valence-electron chi connectivity index (χ2n) is 4.75. The van der Waals surface area contributed by atoms with Crippen LogP contribution in [0.2, 0.25) is 0 Å². The lowest BCUT2D eigenvalue weighted by Crippen LogP contribution is -2.00. The first-order chi connectivity index (χ1) is 11.4. The van der Waals surface area contributed by atoms with Gasteiger partial charge >= 0.3 is 0 Å². The minimum atomic E-state index is 0.681. The second-order valence-corrected chi connectivity index (χ2v) is 5.69. The first kappa shape index (κ1) is 15.3. The summed E-state index contributed by atoms with van der Waals surface area (Å²) in [4.78, 5) is 4.14. The van der Waals surface area contributed by atoms with Gasteiger partial charge in [0.15, 0.2) is 11.0 Å². The number of hydrogen-bond acceptors (Lipinski definition) is 4. The number of hydrogen-bond donors (Lipinski definition) is 0. The fourth-order valence-corrected chi connectivity index (χ4v) is 2.89. The Morgan fingerprint density at radius 3 is 2.70 bits per heavy atom. The number of thioether (sulfide) groups is 1. The molecule has 2 heterocycles. The molecule has 0 unspecified atom stereocenters. The molecule has 23 heavy (non-hydrogen) atoms. The fraction of sp³-hybridized carbons (Fsp3) is 0.167. The maximum absolute atomic E-state index is 4.30. The lowest BCUT2D eigenvalue weighted by Gasteiger charge is -2.05. The van der Waals surface area contributed by atoms with E-state index >= 15 is 0 Å². The van der Waals surface area contributed by atoms with Crippen LogP contribution in [0.4, 0.5) is 0 Å². The van der Waals surface area contributed by atoms with Crippen molar-refractivity contribution >= 4 is 11.8 Å². The summed E-state index contributed by atoms with van der Waals surface area (Å²) in [7, 11) is 0. The number of benzene rings is 1. The Kier molecular flexibility index (Phi) is 5.07. The molecular weight excluding hydrogens is 304 g/mol. The lowest BCUT2D eigenvalue weighted by atomic mass is 10.2. The second kappa shape index (κ2) is 7.61. The van der Waals surface area contributed by atoms with E-state index in [1.165, 1.54) is 0 Å². The first-order valence-electron chi connectivity index (χ1n) is 7.39. The predicted octanol–water partition coefficient (Wildman–Crippen LogP) is 3.50. The molecule has 0 saturated heterocycles. The molecule has 3 aromatic rings. The van der Waals surface area contributed by atoms with Crippen molar-refractivity contribution in [1.82, 2.24) is 19.7 Å². The highest BCUT2D eigenvalue weighted by molar-refractivity contribution is 7.99. The van der Waals surface area contributed by atoms with Gasteiger partial charge in [-0.25, -0.2) is 0 Å². The van der Waals surface area contributed by atoms with Crippen molar-refractivity contribution in [2.45, 2.75) is 18.6 Å². The smallest absolute Gasteiger partial charge is 0.192 e. The maximum atomic E-state index is 4.30. The molecule has 0 saturated carbocycles. The largest absolute Gasteiger partial charge is 0.302 e. The number of rotatable bonds is 4. The van der Waals surface area contributed by atoms with Gasteiger partial charge in [-0.3, -0.25) is 4.98 Å². The average Bonchev–Trinajstić information content (AvgIpc) is 3.03. The molecule has 0 aliphatic rings. The van der Waals surface area contributed by atoms with Crippen molar-refractivity contribution in [2.24, 2.45) is 0 Å². The summed E-state index contributed by atoms with van der Waals surface area (Å²) >= 11 is 1.60. The monoisotopic (exact) mass is 320 g/mol. The Balaban J connectivity index is 1.72. The van der Waals surface area contributed by atoms with Crippen LogP contribution in [0.15, 0.2) is 60.0 Å². The zero-order valence-corrected chi connectivity index (χ0v) is 13.6. The van der Waals surface area contributed by atoms with E-state index in [9.17, 15) is 0 Å². The van der Waals surface area contributed by atoms with Gasteiger partial charge in [-0.15, -0.1) is 10.2 Å². The third kappa shape index (κ3) is 3.79. The van der Waals surface area contributed by atoms with Gasteiger partial charge in [-0.2, -0.15) is 0 Å². The minimum absolute atomic E-state index is 0.681. The van der Waals surface area contributed by atoms with E-state index in [-0.39, 0.29) is 0 Å². The topological polar surface area (TPSA) is 43.6 Å². The number of aromatic nitrogens is 4. The summed E-state index contributed by atoms with van der Waals surface area (Å²) in [6.07, 6.45) is 3.56. The van der Waals surface area contributed by atoms with Gasteiger partial charge in [0.05, 0.1) is 5.75 Å². The molecule has 1 aromatic carbocycles. The maximum Gasteiger partial charge on any atom is 0.192 e. The molecule has 0 aliphatic heterocycles. The molecule has 114 valence electrons. The minimum Gasteiger partial charge on any atom is -0.302 e. The fourth-order valence-electron chi connectivity index (χ4n) is 2.15. The molecule has 0 atom stereocenters. The van der Waals surface area contributed by atoms with Crippen LogP contribution >= 0.6 is 11.8 Å². The lowest BCUT2D eigenvalue weighted by molar-refractivity contribution is 0.687. The molecule has 0 amide bonds.